The highest BCUT2D eigenvalue weighted by atomic mass is 32.1. The zero-order chi connectivity index (χ0) is 16.9. The predicted molar refractivity (Wildman–Crippen MR) is 91.8 cm³/mol. The van der Waals surface area contributed by atoms with Crippen LogP contribution >= 0.6 is 22.7 Å². The van der Waals surface area contributed by atoms with Gasteiger partial charge in [0, 0.05) is 23.2 Å². The fraction of sp³-hybridized carbons (Fsp3) is 0.200. The smallest absolute Gasteiger partial charge is 0.311 e. The molecule has 3 aromatic rings. The molecule has 9 heteroatoms. The van der Waals surface area contributed by atoms with E-state index in [-0.39, 0.29) is 18.3 Å². The molecule has 0 fully saturated rings. The molecule has 3 heterocycles. The van der Waals surface area contributed by atoms with E-state index in [4.69, 9.17) is 4.74 Å². The maximum absolute atomic E-state index is 12.2. The second-order valence-corrected chi connectivity index (χ2v) is 6.38. The molecule has 7 nitrogen and oxygen atoms in total. The van der Waals surface area contributed by atoms with E-state index in [0.29, 0.717) is 28.3 Å². The second-order valence-electron chi connectivity index (χ2n) is 4.69. The third-order valence-electron chi connectivity index (χ3n) is 2.95. The first-order chi connectivity index (χ1) is 11.7. The molecule has 0 saturated carbocycles. The molecule has 1 N–H and O–H groups in total. The molecule has 0 aliphatic carbocycles. The number of carbonyl (C=O) groups is 2. The molecular formula is C15H14N4O3S2. The number of ether oxygens (including phenoxy) is 1. The van der Waals surface area contributed by atoms with E-state index in [0.717, 1.165) is 0 Å². The number of nitrogens with zero attached hydrogens (tertiary/aromatic N) is 3. The van der Waals surface area contributed by atoms with Gasteiger partial charge in [-0.05, 0) is 19.1 Å². The van der Waals surface area contributed by atoms with Crippen molar-refractivity contribution in [3.8, 4) is 5.13 Å². The summed E-state index contributed by atoms with van der Waals surface area (Å²) in [6.07, 6.45) is 3.82. The summed E-state index contributed by atoms with van der Waals surface area (Å²) in [7, 11) is 0. The summed E-state index contributed by atoms with van der Waals surface area (Å²) in [5.74, 6) is -0.668. The average molecular weight is 362 g/mol. The Balaban J connectivity index is 1.63. The Morgan fingerprint density at radius 3 is 2.75 bits per heavy atom. The molecule has 0 bridgehead atoms. The maximum atomic E-state index is 12.2. The molecule has 3 rings (SSSR count). The van der Waals surface area contributed by atoms with Crippen molar-refractivity contribution in [2.45, 2.75) is 13.3 Å². The van der Waals surface area contributed by atoms with Crippen LogP contribution in [0.4, 0.5) is 5.13 Å². The van der Waals surface area contributed by atoms with E-state index < -0.39 is 0 Å². The van der Waals surface area contributed by atoms with Gasteiger partial charge in [0.15, 0.2) is 10.3 Å². The first-order valence-corrected chi connectivity index (χ1v) is 8.92. The van der Waals surface area contributed by atoms with Crippen LogP contribution in [0.2, 0.25) is 0 Å². The van der Waals surface area contributed by atoms with E-state index in [1.807, 2.05) is 29.1 Å². The van der Waals surface area contributed by atoms with E-state index in [1.165, 1.54) is 22.7 Å². The quantitative estimate of drug-likeness (QED) is 0.682. The van der Waals surface area contributed by atoms with Crippen LogP contribution in [0.3, 0.4) is 0 Å². The predicted octanol–water partition coefficient (Wildman–Crippen LogP) is 2.75. The number of hydrogen-bond acceptors (Lipinski definition) is 7. The van der Waals surface area contributed by atoms with Crippen molar-refractivity contribution >= 4 is 39.7 Å². The topological polar surface area (TPSA) is 86.1 Å². The van der Waals surface area contributed by atoms with Crippen LogP contribution in [0.25, 0.3) is 5.13 Å². The fourth-order valence-electron chi connectivity index (χ4n) is 1.92. The highest BCUT2D eigenvalue weighted by molar-refractivity contribution is 7.14. The molecule has 24 heavy (non-hydrogen) atoms. The van der Waals surface area contributed by atoms with Crippen molar-refractivity contribution in [2.24, 2.45) is 0 Å². The van der Waals surface area contributed by atoms with Crippen LogP contribution in [0.15, 0.2) is 35.3 Å². The summed E-state index contributed by atoms with van der Waals surface area (Å²) in [6, 6.07) is 3.78. The molecule has 0 radical (unpaired) electrons. The number of carbonyl (C=O) groups excluding carboxylic acids is 2. The normalized spacial score (nSPS) is 10.5. The number of anilines is 1. The number of amides is 1. The Morgan fingerprint density at radius 2 is 2.00 bits per heavy atom. The zero-order valence-electron chi connectivity index (χ0n) is 12.8. The summed E-state index contributed by atoms with van der Waals surface area (Å²) in [5, 5.41) is 7.25. The van der Waals surface area contributed by atoms with Crippen molar-refractivity contribution < 1.29 is 14.3 Å². The Labute approximate surface area is 145 Å². The average Bonchev–Trinajstić information content (AvgIpc) is 3.28. The summed E-state index contributed by atoms with van der Waals surface area (Å²) in [4.78, 5) is 32.2. The first kappa shape index (κ1) is 16.3. The SMILES string of the molecule is CCOC(=O)Cc1csc(NC(=O)c2csc(-n3cccc3)n2)n1. The molecule has 0 spiro atoms. The van der Waals surface area contributed by atoms with Crippen LogP contribution in [0.1, 0.15) is 23.1 Å². The van der Waals surface area contributed by atoms with Gasteiger partial charge in [0.1, 0.15) is 5.69 Å². The molecule has 0 aliphatic rings. The summed E-state index contributed by atoms with van der Waals surface area (Å²) >= 11 is 2.63. The lowest BCUT2D eigenvalue weighted by Crippen LogP contribution is -2.13. The number of hydrogen-bond donors (Lipinski definition) is 1. The van der Waals surface area contributed by atoms with Crippen LogP contribution < -0.4 is 5.32 Å². The molecule has 0 aromatic carbocycles. The second kappa shape index (κ2) is 7.37. The van der Waals surface area contributed by atoms with E-state index >= 15 is 0 Å². The van der Waals surface area contributed by atoms with Gasteiger partial charge in [-0.2, -0.15) is 0 Å². The number of nitrogens with one attached hydrogen (secondary N) is 1. The number of esters is 1. The van der Waals surface area contributed by atoms with Crippen molar-refractivity contribution in [1.82, 2.24) is 14.5 Å². The lowest BCUT2D eigenvalue weighted by Gasteiger charge is -1.99. The highest BCUT2D eigenvalue weighted by Crippen LogP contribution is 2.19. The molecule has 0 aliphatic heterocycles. The van der Waals surface area contributed by atoms with Gasteiger partial charge in [0.2, 0.25) is 0 Å². The van der Waals surface area contributed by atoms with Crippen molar-refractivity contribution in [3.05, 3.63) is 46.7 Å². The third kappa shape index (κ3) is 3.87. The fourth-order valence-corrected chi connectivity index (χ4v) is 3.39. The summed E-state index contributed by atoms with van der Waals surface area (Å²) < 4.78 is 6.71. The Hall–Kier alpha value is -2.52. The Kier molecular flexibility index (Phi) is 5.02. The molecule has 3 aromatic heterocycles. The number of thiazole rings is 2. The van der Waals surface area contributed by atoms with Gasteiger partial charge in [-0.3, -0.25) is 14.9 Å². The molecular weight excluding hydrogens is 348 g/mol. The van der Waals surface area contributed by atoms with Crippen LogP contribution in [-0.4, -0.2) is 33.0 Å². The number of aromatic nitrogens is 3. The molecule has 124 valence electrons. The Bertz CT molecular complexity index is 839. The minimum absolute atomic E-state index is 0.0920. The van der Waals surface area contributed by atoms with Crippen molar-refractivity contribution in [2.75, 3.05) is 11.9 Å². The molecule has 0 saturated heterocycles. The summed E-state index contributed by atoms with van der Waals surface area (Å²) in [5.41, 5.74) is 0.894. The van der Waals surface area contributed by atoms with Crippen LogP contribution in [0.5, 0.6) is 0 Å². The zero-order valence-corrected chi connectivity index (χ0v) is 14.4. The minimum Gasteiger partial charge on any atom is -0.466 e. The van der Waals surface area contributed by atoms with Crippen molar-refractivity contribution in [1.29, 1.82) is 0 Å². The van der Waals surface area contributed by atoms with Crippen LogP contribution in [-0.2, 0) is 16.0 Å². The van der Waals surface area contributed by atoms with E-state index in [2.05, 4.69) is 15.3 Å². The van der Waals surface area contributed by atoms with E-state index in [1.54, 1.807) is 17.7 Å². The molecule has 1 amide bonds. The minimum atomic E-state index is -0.337. The largest absolute Gasteiger partial charge is 0.466 e. The van der Waals surface area contributed by atoms with Crippen LogP contribution in [0, 0.1) is 0 Å². The van der Waals surface area contributed by atoms with Crippen molar-refractivity contribution in [3.63, 3.8) is 0 Å². The lowest BCUT2D eigenvalue weighted by molar-refractivity contribution is -0.142. The Morgan fingerprint density at radius 1 is 1.21 bits per heavy atom. The van der Waals surface area contributed by atoms with Gasteiger partial charge in [-0.1, -0.05) is 0 Å². The van der Waals surface area contributed by atoms with Gasteiger partial charge < -0.3 is 9.30 Å². The summed E-state index contributed by atoms with van der Waals surface area (Å²) in [6.45, 7) is 2.08. The van der Waals surface area contributed by atoms with Gasteiger partial charge in [-0.25, -0.2) is 9.97 Å². The van der Waals surface area contributed by atoms with Gasteiger partial charge in [0.25, 0.3) is 5.91 Å². The molecule has 0 unspecified atom stereocenters. The standard InChI is InChI=1S/C15H14N4O3S2/c1-2-22-12(20)7-10-8-23-14(16-10)18-13(21)11-9-24-15(17-11)19-5-3-4-6-19/h3-6,8-9H,2,7H2,1H3,(H,16,18,21). The monoisotopic (exact) mass is 362 g/mol. The third-order valence-corrected chi connectivity index (χ3v) is 4.61. The maximum Gasteiger partial charge on any atom is 0.311 e. The first-order valence-electron chi connectivity index (χ1n) is 7.16. The molecule has 0 atom stereocenters. The van der Waals surface area contributed by atoms with Gasteiger partial charge in [-0.15, -0.1) is 22.7 Å². The lowest BCUT2D eigenvalue weighted by atomic mass is 10.3. The number of rotatable bonds is 6. The van der Waals surface area contributed by atoms with E-state index in [9.17, 15) is 9.59 Å². The highest BCUT2D eigenvalue weighted by Gasteiger charge is 2.14. The van der Waals surface area contributed by atoms with Gasteiger partial charge in [0.05, 0.1) is 18.7 Å². The van der Waals surface area contributed by atoms with Gasteiger partial charge >= 0.3 is 5.97 Å².